The Kier molecular flexibility index (Phi) is 2.59. The molecule has 21 heavy (non-hydrogen) atoms. The first-order valence-electron chi connectivity index (χ1n) is 6.04. The molecule has 0 saturated carbocycles. The molecule has 1 aliphatic rings. The summed E-state index contributed by atoms with van der Waals surface area (Å²) in [4.78, 5) is 33.3. The number of carbonyl (C=O) groups is 1. The van der Waals surface area contributed by atoms with E-state index in [0.717, 1.165) is 0 Å². The van der Waals surface area contributed by atoms with E-state index in [1.54, 1.807) is 24.3 Å². The monoisotopic (exact) mass is 284 g/mol. The van der Waals surface area contributed by atoms with Crippen LogP contribution in [0.15, 0.2) is 30.3 Å². The van der Waals surface area contributed by atoms with E-state index >= 15 is 0 Å². The zero-order chi connectivity index (χ0) is 15.3. The van der Waals surface area contributed by atoms with Crippen LogP contribution >= 0.6 is 0 Å². The number of hydrogen-bond donors (Lipinski definition) is 0. The first-order valence-corrected chi connectivity index (χ1v) is 6.04. The van der Waals surface area contributed by atoms with Crippen LogP contribution in [0.4, 0.5) is 11.4 Å². The first kappa shape index (κ1) is 12.9. The number of nitrogens with zero attached hydrogens (tertiary/aromatic N) is 2. The molecule has 0 saturated heterocycles. The second-order valence-electron chi connectivity index (χ2n) is 4.68. The number of rotatable bonds is 2. The number of fused-ring (bicyclic) bond motifs is 3. The molecule has 104 valence electrons. The highest BCUT2D eigenvalue weighted by Gasteiger charge is 2.38. The minimum Gasteiger partial charge on any atom is -0.288 e. The van der Waals surface area contributed by atoms with Crippen LogP contribution in [-0.2, 0) is 0 Å². The fraction of sp³-hybridized carbons (Fsp3) is 0.0714. The highest BCUT2D eigenvalue weighted by Crippen LogP contribution is 2.45. The number of hydrogen-bond acceptors (Lipinski definition) is 5. The van der Waals surface area contributed by atoms with Crippen LogP contribution in [-0.4, -0.2) is 15.6 Å². The van der Waals surface area contributed by atoms with E-state index in [1.165, 1.54) is 13.0 Å². The summed E-state index contributed by atoms with van der Waals surface area (Å²) in [5, 5.41) is 22.4. The van der Waals surface area contributed by atoms with Gasteiger partial charge in [0.25, 0.3) is 11.4 Å². The lowest BCUT2D eigenvalue weighted by Gasteiger charge is -2.05. The lowest BCUT2D eigenvalue weighted by molar-refractivity contribution is -0.395. The molecule has 2 aromatic rings. The summed E-state index contributed by atoms with van der Waals surface area (Å²) in [6.45, 7) is 1.28. The molecule has 7 heteroatoms. The van der Waals surface area contributed by atoms with E-state index in [4.69, 9.17) is 0 Å². The first-order chi connectivity index (χ1) is 9.93. The molecular formula is C14H8N2O5. The zero-order valence-electron chi connectivity index (χ0n) is 10.8. The Balaban J connectivity index is 2.47. The molecule has 0 amide bonds. The smallest absolute Gasteiger partial charge is 0.288 e. The number of nitro groups is 2. The van der Waals surface area contributed by atoms with Gasteiger partial charge in [-0.25, -0.2) is 0 Å². The number of ketones is 1. The van der Waals surface area contributed by atoms with Crippen LogP contribution in [0.1, 0.15) is 21.5 Å². The number of benzene rings is 2. The van der Waals surface area contributed by atoms with Crippen molar-refractivity contribution in [2.45, 2.75) is 6.92 Å². The van der Waals surface area contributed by atoms with Crippen LogP contribution in [0.2, 0.25) is 0 Å². The third kappa shape index (κ3) is 1.64. The third-order valence-corrected chi connectivity index (χ3v) is 3.59. The van der Waals surface area contributed by atoms with E-state index in [9.17, 15) is 25.0 Å². The van der Waals surface area contributed by atoms with Crippen molar-refractivity contribution in [1.82, 2.24) is 0 Å². The average molecular weight is 284 g/mol. The normalized spacial score (nSPS) is 12.0. The minimum absolute atomic E-state index is 0.0655. The predicted molar refractivity (Wildman–Crippen MR) is 73.4 cm³/mol. The highest BCUT2D eigenvalue weighted by molar-refractivity contribution is 6.24. The Hall–Kier alpha value is -3.09. The summed E-state index contributed by atoms with van der Waals surface area (Å²) in [5.74, 6) is -0.467. The molecule has 3 rings (SSSR count). The lowest BCUT2D eigenvalue weighted by atomic mass is 9.99. The molecule has 0 atom stereocenters. The zero-order valence-corrected chi connectivity index (χ0v) is 10.8. The maximum atomic E-state index is 12.4. The van der Waals surface area contributed by atoms with E-state index in [2.05, 4.69) is 0 Å². The van der Waals surface area contributed by atoms with Crippen molar-refractivity contribution in [3.63, 3.8) is 0 Å². The van der Waals surface area contributed by atoms with Gasteiger partial charge in [-0.1, -0.05) is 24.3 Å². The summed E-state index contributed by atoms with van der Waals surface area (Å²) in [7, 11) is 0. The van der Waals surface area contributed by atoms with Gasteiger partial charge in [0.1, 0.15) is 11.1 Å². The van der Waals surface area contributed by atoms with Gasteiger partial charge in [-0.05, 0) is 12.5 Å². The molecule has 0 unspecified atom stereocenters. The number of nitro benzene ring substituents is 2. The Morgan fingerprint density at radius 3 is 2.14 bits per heavy atom. The van der Waals surface area contributed by atoms with Crippen molar-refractivity contribution < 1.29 is 14.6 Å². The molecule has 0 heterocycles. The van der Waals surface area contributed by atoms with Crippen molar-refractivity contribution in [1.29, 1.82) is 0 Å². The molecule has 0 N–H and O–H groups in total. The van der Waals surface area contributed by atoms with E-state index in [1.807, 2.05) is 0 Å². The molecule has 7 nitrogen and oxygen atoms in total. The van der Waals surface area contributed by atoms with Crippen molar-refractivity contribution in [3.05, 3.63) is 67.3 Å². The molecule has 2 aromatic carbocycles. The van der Waals surface area contributed by atoms with Crippen molar-refractivity contribution >= 4 is 17.2 Å². The van der Waals surface area contributed by atoms with E-state index < -0.39 is 21.3 Å². The van der Waals surface area contributed by atoms with Crippen molar-refractivity contribution in [2.75, 3.05) is 0 Å². The van der Waals surface area contributed by atoms with Gasteiger partial charge in [0.05, 0.1) is 9.85 Å². The quantitative estimate of drug-likeness (QED) is 0.531. The Morgan fingerprint density at radius 2 is 1.57 bits per heavy atom. The van der Waals surface area contributed by atoms with E-state index in [0.29, 0.717) is 11.1 Å². The molecule has 1 aliphatic carbocycles. The van der Waals surface area contributed by atoms with Gasteiger partial charge < -0.3 is 0 Å². The second-order valence-corrected chi connectivity index (χ2v) is 4.68. The maximum absolute atomic E-state index is 12.4. The minimum atomic E-state index is -0.731. The average Bonchev–Trinajstić information content (AvgIpc) is 2.71. The molecule has 0 aliphatic heterocycles. The fourth-order valence-corrected chi connectivity index (χ4v) is 2.66. The van der Waals surface area contributed by atoms with Crippen LogP contribution in [0, 0.1) is 27.2 Å². The summed E-state index contributed by atoms with van der Waals surface area (Å²) in [6, 6.07) is 7.75. The standard InChI is InChI=1S/C14H8N2O5/c1-7-11(15(18)19)6-10-8-4-2-3-5-9(8)14(17)12(10)13(7)16(20)21/h2-6H,1H3. The van der Waals surface area contributed by atoms with Gasteiger partial charge in [-0.2, -0.15) is 0 Å². The van der Waals surface area contributed by atoms with Gasteiger partial charge >= 0.3 is 0 Å². The van der Waals surface area contributed by atoms with E-state index in [-0.39, 0.29) is 22.4 Å². The van der Waals surface area contributed by atoms with Crippen molar-refractivity contribution in [2.24, 2.45) is 0 Å². The Morgan fingerprint density at radius 1 is 0.952 bits per heavy atom. The Labute approximate surface area is 118 Å². The van der Waals surface area contributed by atoms with Crippen LogP contribution < -0.4 is 0 Å². The summed E-state index contributed by atoms with van der Waals surface area (Å²) in [5.41, 5.74) is 0.0540. The largest absolute Gasteiger partial charge is 0.290 e. The Bertz CT molecular complexity index is 841. The van der Waals surface area contributed by atoms with Crippen molar-refractivity contribution in [3.8, 4) is 11.1 Å². The van der Waals surface area contributed by atoms with Crippen LogP contribution in [0.25, 0.3) is 11.1 Å². The topological polar surface area (TPSA) is 103 Å². The summed E-state index contributed by atoms with van der Waals surface area (Å²) in [6.07, 6.45) is 0. The summed E-state index contributed by atoms with van der Waals surface area (Å²) >= 11 is 0. The SMILES string of the molecule is Cc1c([N+](=O)[O-])cc2c(c1[N+](=O)[O-])C(=O)c1ccccc1-2. The summed E-state index contributed by atoms with van der Waals surface area (Å²) < 4.78 is 0. The third-order valence-electron chi connectivity index (χ3n) is 3.59. The molecular weight excluding hydrogens is 276 g/mol. The van der Waals surface area contributed by atoms with Gasteiger partial charge in [0.15, 0.2) is 0 Å². The lowest BCUT2D eigenvalue weighted by Crippen LogP contribution is -2.05. The molecule has 0 spiro atoms. The van der Waals surface area contributed by atoms with Gasteiger partial charge in [-0.15, -0.1) is 0 Å². The van der Waals surface area contributed by atoms with Gasteiger partial charge in [0, 0.05) is 17.2 Å². The molecule has 0 radical (unpaired) electrons. The predicted octanol–water partition coefficient (Wildman–Crippen LogP) is 3.02. The molecule has 0 aromatic heterocycles. The van der Waals surface area contributed by atoms with Crippen LogP contribution in [0.5, 0.6) is 0 Å². The van der Waals surface area contributed by atoms with Crippen LogP contribution in [0.3, 0.4) is 0 Å². The fourth-order valence-electron chi connectivity index (χ4n) is 2.66. The molecule has 0 fully saturated rings. The maximum Gasteiger partial charge on any atom is 0.290 e. The number of carbonyl (C=O) groups excluding carboxylic acids is 1. The van der Waals surface area contributed by atoms with Gasteiger partial charge in [0.2, 0.25) is 5.78 Å². The highest BCUT2D eigenvalue weighted by atomic mass is 16.6. The molecule has 0 bridgehead atoms. The van der Waals surface area contributed by atoms with Gasteiger partial charge in [-0.3, -0.25) is 25.0 Å². The second kappa shape index (κ2) is 4.20.